The van der Waals surface area contributed by atoms with Crippen LogP contribution >= 0.6 is 0 Å². The molecule has 0 aliphatic heterocycles. The van der Waals surface area contributed by atoms with E-state index < -0.39 is 5.97 Å². The van der Waals surface area contributed by atoms with Gasteiger partial charge in [-0.2, -0.15) is 0 Å². The third-order valence-corrected chi connectivity index (χ3v) is 10.2. The van der Waals surface area contributed by atoms with Crippen molar-refractivity contribution in [3.05, 3.63) is 11.6 Å². The minimum atomic E-state index is -0.684. The van der Waals surface area contributed by atoms with Crippen LogP contribution in [0.15, 0.2) is 11.6 Å². The molecule has 7 unspecified atom stereocenters. The SMILES string of the molecule is C/C=C1/C(=O)C2C(CCC3(C)C2CCC3[C@H](C)CCC(=O)O)C2(C)CCCCC12.CC. The van der Waals surface area contributed by atoms with Crippen molar-refractivity contribution in [2.45, 2.75) is 106 Å². The van der Waals surface area contributed by atoms with Gasteiger partial charge in [0.25, 0.3) is 0 Å². The molecular formula is C28H46O3. The van der Waals surface area contributed by atoms with E-state index in [-0.39, 0.29) is 17.8 Å². The van der Waals surface area contributed by atoms with Crippen LogP contribution in [0.1, 0.15) is 106 Å². The second-order valence-corrected chi connectivity index (χ2v) is 11.3. The lowest BCUT2D eigenvalue weighted by atomic mass is 9.43. The molecule has 3 nitrogen and oxygen atoms in total. The van der Waals surface area contributed by atoms with E-state index in [4.69, 9.17) is 5.11 Å². The predicted octanol–water partition coefficient (Wildman–Crippen LogP) is 7.30. The lowest BCUT2D eigenvalue weighted by Gasteiger charge is -2.60. The van der Waals surface area contributed by atoms with Gasteiger partial charge in [0.2, 0.25) is 0 Å². The maximum Gasteiger partial charge on any atom is 0.303 e. The molecule has 4 rings (SSSR count). The highest BCUT2D eigenvalue weighted by molar-refractivity contribution is 5.99. The Labute approximate surface area is 190 Å². The average molecular weight is 431 g/mol. The molecule has 0 radical (unpaired) electrons. The quantitative estimate of drug-likeness (QED) is 0.476. The van der Waals surface area contributed by atoms with Crippen LogP contribution in [0.3, 0.4) is 0 Å². The van der Waals surface area contributed by atoms with E-state index in [1.54, 1.807) is 0 Å². The third kappa shape index (κ3) is 3.93. The van der Waals surface area contributed by atoms with Gasteiger partial charge in [0.1, 0.15) is 0 Å². The molecule has 0 saturated heterocycles. The summed E-state index contributed by atoms with van der Waals surface area (Å²) in [6, 6.07) is 0. The van der Waals surface area contributed by atoms with Gasteiger partial charge >= 0.3 is 5.97 Å². The summed E-state index contributed by atoms with van der Waals surface area (Å²) in [4.78, 5) is 24.9. The summed E-state index contributed by atoms with van der Waals surface area (Å²) in [5.41, 5.74) is 1.65. The largest absolute Gasteiger partial charge is 0.481 e. The van der Waals surface area contributed by atoms with Gasteiger partial charge in [0.05, 0.1) is 0 Å². The molecule has 0 spiro atoms. The minimum absolute atomic E-state index is 0.200. The summed E-state index contributed by atoms with van der Waals surface area (Å²) in [7, 11) is 0. The Hall–Kier alpha value is -1.12. The van der Waals surface area contributed by atoms with Crippen molar-refractivity contribution in [2.24, 2.45) is 46.3 Å². The Morgan fingerprint density at radius 2 is 1.74 bits per heavy atom. The average Bonchev–Trinajstić information content (AvgIpc) is 3.11. The summed E-state index contributed by atoms with van der Waals surface area (Å²) in [6.07, 6.45) is 13.0. The molecule has 0 amide bonds. The van der Waals surface area contributed by atoms with Gasteiger partial charge in [0, 0.05) is 12.3 Å². The fourth-order valence-electron chi connectivity index (χ4n) is 8.79. The van der Waals surface area contributed by atoms with Crippen LogP contribution in [0.4, 0.5) is 0 Å². The van der Waals surface area contributed by atoms with Crippen molar-refractivity contribution >= 4 is 11.8 Å². The number of carbonyl (C=O) groups excluding carboxylic acids is 1. The Kier molecular flexibility index (Phi) is 7.43. The Morgan fingerprint density at radius 3 is 2.39 bits per heavy atom. The summed E-state index contributed by atoms with van der Waals surface area (Å²) in [6.45, 7) is 13.3. The Balaban J connectivity index is 0.00000132. The second kappa shape index (κ2) is 9.40. The zero-order chi connectivity index (χ0) is 23.0. The van der Waals surface area contributed by atoms with Crippen molar-refractivity contribution < 1.29 is 14.7 Å². The van der Waals surface area contributed by atoms with Crippen molar-refractivity contribution in [2.75, 3.05) is 0 Å². The molecule has 1 N–H and O–H groups in total. The van der Waals surface area contributed by atoms with Gasteiger partial charge in [-0.1, -0.05) is 53.5 Å². The number of carboxylic acids is 1. The summed E-state index contributed by atoms with van der Waals surface area (Å²) in [5.74, 6) is 2.51. The molecule has 3 heteroatoms. The van der Waals surface area contributed by atoms with Crippen LogP contribution in [0.5, 0.6) is 0 Å². The van der Waals surface area contributed by atoms with Crippen LogP contribution in [0.25, 0.3) is 0 Å². The lowest BCUT2D eigenvalue weighted by molar-refractivity contribution is -0.146. The number of hydrogen-bond donors (Lipinski definition) is 1. The number of carbonyl (C=O) groups is 2. The Bertz CT molecular complexity index is 709. The van der Waals surface area contributed by atoms with Crippen molar-refractivity contribution in [3.8, 4) is 0 Å². The maximum atomic E-state index is 13.8. The number of aliphatic carboxylic acids is 1. The molecule has 0 aromatic heterocycles. The van der Waals surface area contributed by atoms with E-state index >= 15 is 0 Å². The first-order valence-electron chi connectivity index (χ1n) is 13.2. The number of rotatable bonds is 4. The monoisotopic (exact) mass is 430 g/mol. The van der Waals surface area contributed by atoms with Crippen LogP contribution in [-0.2, 0) is 9.59 Å². The molecule has 0 heterocycles. The molecule has 4 aliphatic rings. The zero-order valence-electron chi connectivity index (χ0n) is 20.9. The van der Waals surface area contributed by atoms with Crippen LogP contribution < -0.4 is 0 Å². The van der Waals surface area contributed by atoms with E-state index in [9.17, 15) is 9.59 Å². The molecule has 31 heavy (non-hydrogen) atoms. The summed E-state index contributed by atoms with van der Waals surface area (Å²) in [5, 5.41) is 9.13. The maximum absolute atomic E-state index is 13.8. The summed E-state index contributed by atoms with van der Waals surface area (Å²) >= 11 is 0. The van der Waals surface area contributed by atoms with Crippen LogP contribution in [-0.4, -0.2) is 16.9 Å². The fraction of sp³-hybridized carbons (Fsp3) is 0.857. The molecule has 0 bridgehead atoms. The normalized spacial score (nSPS) is 43.9. The number of Topliss-reactive ketones (excluding diaryl/α,β-unsaturated/α-hetero) is 1. The summed E-state index contributed by atoms with van der Waals surface area (Å²) < 4.78 is 0. The van der Waals surface area contributed by atoms with Gasteiger partial charge in [-0.05, 0) is 97.9 Å². The van der Waals surface area contributed by atoms with Gasteiger partial charge in [0.15, 0.2) is 5.78 Å². The highest BCUT2D eigenvalue weighted by Gasteiger charge is 2.63. The molecule has 176 valence electrons. The van der Waals surface area contributed by atoms with Crippen molar-refractivity contribution in [3.63, 3.8) is 0 Å². The van der Waals surface area contributed by atoms with E-state index in [0.717, 1.165) is 18.4 Å². The third-order valence-electron chi connectivity index (χ3n) is 10.2. The topological polar surface area (TPSA) is 54.4 Å². The first kappa shape index (κ1) is 24.5. The number of fused-ring (bicyclic) bond motifs is 5. The van der Waals surface area contributed by atoms with Gasteiger partial charge in [-0.15, -0.1) is 0 Å². The van der Waals surface area contributed by atoms with Crippen LogP contribution in [0.2, 0.25) is 0 Å². The first-order valence-corrected chi connectivity index (χ1v) is 13.2. The number of ketones is 1. The van der Waals surface area contributed by atoms with Crippen LogP contribution in [0, 0.1) is 46.3 Å². The molecule has 4 fully saturated rings. The van der Waals surface area contributed by atoms with Gasteiger partial charge in [-0.3, -0.25) is 9.59 Å². The van der Waals surface area contributed by atoms with Gasteiger partial charge < -0.3 is 5.11 Å². The standard InChI is InChI=1S/C26H40O3.C2H6/c1-5-17-19-8-6-7-14-25(19,3)21-13-15-26(4)18(16(2)9-12-22(27)28)10-11-20(26)23(21)24(17)29;1-2/h5,16,18-21,23H,6-15H2,1-4H3,(H,27,28);1-2H3/b17-5+;/t16-,18?,19?,20?,21?,23?,25?,26?;/m1./s1. The number of hydrogen-bond acceptors (Lipinski definition) is 2. The molecule has 0 aromatic carbocycles. The van der Waals surface area contributed by atoms with E-state index in [1.807, 2.05) is 13.8 Å². The molecule has 8 atom stereocenters. The van der Waals surface area contributed by atoms with E-state index in [0.29, 0.717) is 40.8 Å². The lowest BCUT2D eigenvalue weighted by Crippen LogP contribution is -2.57. The molecule has 4 saturated carbocycles. The molecule has 4 aliphatic carbocycles. The second-order valence-electron chi connectivity index (χ2n) is 11.3. The zero-order valence-corrected chi connectivity index (χ0v) is 20.9. The first-order chi connectivity index (χ1) is 14.7. The smallest absolute Gasteiger partial charge is 0.303 e. The predicted molar refractivity (Wildman–Crippen MR) is 127 cm³/mol. The Morgan fingerprint density at radius 1 is 1.06 bits per heavy atom. The molecule has 0 aromatic rings. The van der Waals surface area contributed by atoms with E-state index in [1.165, 1.54) is 44.9 Å². The van der Waals surface area contributed by atoms with E-state index in [2.05, 4.69) is 33.8 Å². The highest BCUT2D eigenvalue weighted by Crippen LogP contribution is 2.68. The number of carboxylic acid groups (broad SMARTS) is 1. The van der Waals surface area contributed by atoms with Crippen molar-refractivity contribution in [1.82, 2.24) is 0 Å². The van der Waals surface area contributed by atoms with Crippen molar-refractivity contribution in [1.29, 1.82) is 0 Å². The number of allylic oxidation sites excluding steroid dienone is 2. The fourth-order valence-corrected chi connectivity index (χ4v) is 8.79. The highest BCUT2D eigenvalue weighted by atomic mass is 16.4. The molecular weight excluding hydrogens is 384 g/mol. The van der Waals surface area contributed by atoms with Gasteiger partial charge in [-0.25, -0.2) is 0 Å². The minimum Gasteiger partial charge on any atom is -0.481 e.